The van der Waals surface area contributed by atoms with Gasteiger partial charge in [0.2, 0.25) is 0 Å². The van der Waals surface area contributed by atoms with Gasteiger partial charge in [0.1, 0.15) is 11.5 Å². The molecule has 0 heterocycles. The molecule has 0 amide bonds. The van der Waals surface area contributed by atoms with Crippen molar-refractivity contribution in [1.29, 1.82) is 0 Å². The second-order valence-corrected chi connectivity index (χ2v) is 4.21. The lowest BCUT2D eigenvalue weighted by atomic mass is 10.1. The van der Waals surface area contributed by atoms with Crippen LogP contribution < -0.4 is 10.5 Å². The van der Waals surface area contributed by atoms with Crippen molar-refractivity contribution in [3.8, 4) is 11.5 Å². The molecule has 102 valence electrons. The average molecular weight is 280 g/mol. The molecule has 0 spiro atoms. The lowest BCUT2D eigenvalue weighted by Crippen LogP contribution is -2.26. The van der Waals surface area contributed by atoms with Crippen molar-refractivity contribution in [1.82, 2.24) is 0 Å². The summed E-state index contributed by atoms with van der Waals surface area (Å²) >= 11 is 0. The minimum absolute atomic E-state index is 0. The number of ether oxygens (including phenoxy) is 1. The van der Waals surface area contributed by atoms with Crippen LogP contribution >= 0.6 is 12.4 Å². The van der Waals surface area contributed by atoms with E-state index in [1.54, 1.807) is 0 Å². The number of rotatable bonds is 5. The summed E-state index contributed by atoms with van der Waals surface area (Å²) in [4.78, 5) is 0. The Morgan fingerprint density at radius 3 is 2.37 bits per heavy atom. The SMILES string of the molecule is Cl.NC(CO)Cc1cccc(Oc2ccccc2)c1. The minimum atomic E-state index is -0.225. The molecule has 0 radical (unpaired) electrons. The quantitative estimate of drug-likeness (QED) is 0.885. The Bertz CT molecular complexity index is 491. The van der Waals surface area contributed by atoms with E-state index in [0.717, 1.165) is 17.1 Å². The van der Waals surface area contributed by atoms with Gasteiger partial charge in [-0.05, 0) is 36.2 Å². The van der Waals surface area contributed by atoms with E-state index in [9.17, 15) is 0 Å². The van der Waals surface area contributed by atoms with Crippen molar-refractivity contribution in [2.24, 2.45) is 5.73 Å². The molecule has 0 aromatic heterocycles. The van der Waals surface area contributed by atoms with Gasteiger partial charge in [0, 0.05) is 6.04 Å². The van der Waals surface area contributed by atoms with Crippen LogP contribution in [0.4, 0.5) is 0 Å². The Hall–Kier alpha value is -1.55. The molecule has 0 saturated carbocycles. The van der Waals surface area contributed by atoms with Crippen LogP contribution in [0.5, 0.6) is 11.5 Å². The first-order valence-corrected chi connectivity index (χ1v) is 5.96. The summed E-state index contributed by atoms with van der Waals surface area (Å²) in [6, 6.07) is 17.2. The van der Waals surface area contributed by atoms with Gasteiger partial charge in [0.15, 0.2) is 0 Å². The van der Waals surface area contributed by atoms with Crippen LogP contribution in [0.2, 0.25) is 0 Å². The molecule has 19 heavy (non-hydrogen) atoms. The van der Waals surface area contributed by atoms with Crippen molar-refractivity contribution < 1.29 is 9.84 Å². The van der Waals surface area contributed by atoms with Gasteiger partial charge in [0.05, 0.1) is 6.61 Å². The molecule has 1 unspecified atom stereocenters. The van der Waals surface area contributed by atoms with E-state index in [1.165, 1.54) is 0 Å². The second kappa shape index (κ2) is 7.79. The molecule has 0 aliphatic carbocycles. The Kier molecular flexibility index (Phi) is 6.36. The minimum Gasteiger partial charge on any atom is -0.457 e. The van der Waals surface area contributed by atoms with E-state index in [0.29, 0.717) is 6.42 Å². The van der Waals surface area contributed by atoms with Crippen LogP contribution in [0.3, 0.4) is 0 Å². The smallest absolute Gasteiger partial charge is 0.127 e. The number of hydrogen-bond donors (Lipinski definition) is 2. The number of aliphatic hydroxyl groups excluding tert-OH is 1. The van der Waals surface area contributed by atoms with Gasteiger partial charge < -0.3 is 15.6 Å². The highest BCUT2D eigenvalue weighted by molar-refractivity contribution is 5.85. The summed E-state index contributed by atoms with van der Waals surface area (Å²) in [7, 11) is 0. The highest BCUT2D eigenvalue weighted by atomic mass is 35.5. The first-order chi connectivity index (χ1) is 8.78. The van der Waals surface area contributed by atoms with E-state index in [1.807, 2.05) is 54.6 Å². The van der Waals surface area contributed by atoms with Crippen LogP contribution in [-0.4, -0.2) is 17.8 Å². The molecule has 1 atom stereocenters. The summed E-state index contributed by atoms with van der Waals surface area (Å²) < 4.78 is 5.73. The van der Waals surface area contributed by atoms with Gasteiger partial charge in [-0.1, -0.05) is 30.3 Å². The van der Waals surface area contributed by atoms with Gasteiger partial charge >= 0.3 is 0 Å². The van der Waals surface area contributed by atoms with Crippen LogP contribution in [0, 0.1) is 0 Å². The van der Waals surface area contributed by atoms with Crippen molar-refractivity contribution in [3.05, 3.63) is 60.2 Å². The molecule has 3 nitrogen and oxygen atoms in total. The van der Waals surface area contributed by atoms with E-state index in [2.05, 4.69) is 0 Å². The van der Waals surface area contributed by atoms with Crippen LogP contribution in [-0.2, 0) is 6.42 Å². The fourth-order valence-corrected chi connectivity index (χ4v) is 1.73. The van der Waals surface area contributed by atoms with Crippen LogP contribution in [0.1, 0.15) is 5.56 Å². The van der Waals surface area contributed by atoms with E-state index < -0.39 is 0 Å². The number of halogens is 1. The monoisotopic (exact) mass is 279 g/mol. The lowest BCUT2D eigenvalue weighted by Gasteiger charge is -2.10. The molecule has 0 fully saturated rings. The second-order valence-electron chi connectivity index (χ2n) is 4.21. The molecule has 2 aromatic carbocycles. The molecule has 0 bridgehead atoms. The van der Waals surface area contributed by atoms with E-state index in [4.69, 9.17) is 15.6 Å². The predicted molar refractivity (Wildman–Crippen MR) is 79.0 cm³/mol. The normalized spacial score (nSPS) is 11.5. The Morgan fingerprint density at radius 1 is 1.00 bits per heavy atom. The summed E-state index contributed by atoms with van der Waals surface area (Å²) in [5, 5.41) is 8.94. The Balaban J connectivity index is 0.00000180. The number of hydrogen-bond acceptors (Lipinski definition) is 3. The fourth-order valence-electron chi connectivity index (χ4n) is 1.73. The van der Waals surface area contributed by atoms with Crippen molar-refractivity contribution in [2.75, 3.05) is 6.61 Å². The third kappa shape index (κ3) is 4.91. The number of para-hydroxylation sites is 1. The zero-order chi connectivity index (χ0) is 12.8. The number of nitrogens with two attached hydrogens (primary N) is 1. The molecule has 2 rings (SSSR count). The summed E-state index contributed by atoms with van der Waals surface area (Å²) in [6.07, 6.45) is 0.641. The molecule has 0 saturated heterocycles. The van der Waals surface area contributed by atoms with Crippen molar-refractivity contribution in [3.63, 3.8) is 0 Å². The maximum absolute atomic E-state index is 8.94. The first-order valence-electron chi connectivity index (χ1n) is 5.96. The van der Waals surface area contributed by atoms with E-state index >= 15 is 0 Å². The van der Waals surface area contributed by atoms with Crippen LogP contribution in [0.25, 0.3) is 0 Å². The van der Waals surface area contributed by atoms with Crippen molar-refractivity contribution >= 4 is 12.4 Å². The number of benzene rings is 2. The van der Waals surface area contributed by atoms with Crippen molar-refractivity contribution in [2.45, 2.75) is 12.5 Å². The lowest BCUT2D eigenvalue weighted by molar-refractivity contribution is 0.265. The largest absolute Gasteiger partial charge is 0.457 e. The molecule has 0 aliphatic heterocycles. The fraction of sp³-hybridized carbons (Fsp3) is 0.200. The van der Waals surface area contributed by atoms with E-state index in [-0.39, 0.29) is 25.1 Å². The standard InChI is InChI=1S/C15H17NO2.ClH/c16-13(11-17)9-12-5-4-8-15(10-12)18-14-6-2-1-3-7-14;/h1-8,10,13,17H,9,11,16H2;1H. The van der Waals surface area contributed by atoms with Gasteiger partial charge in [-0.25, -0.2) is 0 Å². The van der Waals surface area contributed by atoms with Gasteiger partial charge in [-0.15, -0.1) is 12.4 Å². The van der Waals surface area contributed by atoms with Gasteiger partial charge in [-0.3, -0.25) is 0 Å². The van der Waals surface area contributed by atoms with Gasteiger partial charge in [0.25, 0.3) is 0 Å². The maximum Gasteiger partial charge on any atom is 0.127 e. The molecular weight excluding hydrogens is 262 g/mol. The topological polar surface area (TPSA) is 55.5 Å². The zero-order valence-corrected chi connectivity index (χ0v) is 11.3. The predicted octanol–water partition coefficient (Wildman–Crippen LogP) is 2.76. The van der Waals surface area contributed by atoms with Gasteiger partial charge in [-0.2, -0.15) is 0 Å². The summed E-state index contributed by atoms with van der Waals surface area (Å²) in [6.45, 7) is -0.0101. The Morgan fingerprint density at radius 2 is 1.68 bits per heavy atom. The maximum atomic E-state index is 8.94. The summed E-state index contributed by atoms with van der Waals surface area (Å²) in [5.74, 6) is 1.59. The first kappa shape index (κ1) is 15.5. The highest BCUT2D eigenvalue weighted by Gasteiger charge is 2.04. The van der Waals surface area contributed by atoms with Crippen LogP contribution in [0.15, 0.2) is 54.6 Å². The highest BCUT2D eigenvalue weighted by Crippen LogP contribution is 2.22. The molecule has 0 aliphatic rings. The number of aliphatic hydroxyl groups is 1. The average Bonchev–Trinajstić information content (AvgIpc) is 2.40. The third-order valence-corrected chi connectivity index (χ3v) is 2.61. The third-order valence-electron chi connectivity index (χ3n) is 2.61. The summed E-state index contributed by atoms with van der Waals surface area (Å²) in [5.41, 5.74) is 6.78. The molecule has 2 aromatic rings. The molecular formula is C15H18ClNO2. The zero-order valence-electron chi connectivity index (χ0n) is 10.5. The Labute approximate surface area is 119 Å². The molecule has 4 heteroatoms. The molecule has 3 N–H and O–H groups in total.